The van der Waals surface area contributed by atoms with Crippen molar-refractivity contribution in [2.24, 2.45) is 5.92 Å². The summed E-state index contributed by atoms with van der Waals surface area (Å²) >= 11 is 3.40. The van der Waals surface area contributed by atoms with Gasteiger partial charge in [0.1, 0.15) is 11.8 Å². The molecule has 2 aromatic carbocycles. The maximum Gasteiger partial charge on any atom is 0.308 e. The third kappa shape index (κ3) is 7.05. The first-order valence-electron chi connectivity index (χ1n) is 11.1. The minimum atomic E-state index is -0.938. The van der Waals surface area contributed by atoms with Crippen LogP contribution in [0.25, 0.3) is 0 Å². The van der Waals surface area contributed by atoms with Crippen LogP contribution in [0.5, 0.6) is 5.75 Å². The van der Waals surface area contributed by atoms with E-state index in [4.69, 9.17) is 9.47 Å². The number of hydrogen-bond acceptors (Lipinski definition) is 5. The Hall–Kier alpha value is -2.87. The van der Waals surface area contributed by atoms with Crippen molar-refractivity contribution in [2.75, 3.05) is 26.3 Å². The Morgan fingerprint density at radius 1 is 1.18 bits per heavy atom. The Labute approximate surface area is 202 Å². The number of rotatable bonds is 9. The van der Waals surface area contributed by atoms with Gasteiger partial charge in [-0.25, -0.2) is 0 Å². The van der Waals surface area contributed by atoms with Crippen LogP contribution in [0.3, 0.4) is 0 Å². The summed E-state index contributed by atoms with van der Waals surface area (Å²) in [7, 11) is 0. The average molecular weight is 517 g/mol. The number of piperazine rings is 1. The topological polar surface area (TPSA) is 84.9 Å². The summed E-state index contributed by atoms with van der Waals surface area (Å²) in [5.41, 5.74) is 1.41. The Bertz CT molecular complexity index is 980. The molecule has 0 aromatic heterocycles. The average Bonchev–Trinajstić information content (AvgIpc) is 2.79. The van der Waals surface area contributed by atoms with Crippen LogP contribution in [0, 0.1) is 5.92 Å². The third-order valence-corrected chi connectivity index (χ3v) is 5.69. The number of nitrogens with one attached hydrogen (secondary N) is 1. The molecule has 0 radical (unpaired) electrons. The zero-order valence-electron chi connectivity index (χ0n) is 18.9. The molecule has 0 bridgehead atoms. The number of carbonyl (C=O) groups is 3. The zero-order chi connectivity index (χ0) is 23.8. The molecule has 1 unspecified atom stereocenters. The molecule has 8 heteroatoms. The highest BCUT2D eigenvalue weighted by atomic mass is 79.9. The van der Waals surface area contributed by atoms with Crippen molar-refractivity contribution in [2.45, 2.75) is 32.7 Å². The molecule has 0 aliphatic carbocycles. The van der Waals surface area contributed by atoms with E-state index in [0.29, 0.717) is 37.4 Å². The maximum atomic E-state index is 13.4. The summed E-state index contributed by atoms with van der Waals surface area (Å²) in [5, 5.41) is 2.74. The molecule has 0 saturated carbocycles. The number of carbonyl (C=O) groups excluding carboxylic acids is 3. The summed E-state index contributed by atoms with van der Waals surface area (Å²) in [5.74, 6) is -0.500. The van der Waals surface area contributed by atoms with Gasteiger partial charge in [0.2, 0.25) is 5.91 Å². The minimum Gasteiger partial charge on any atom is -0.492 e. The number of nitrogens with zero attached hydrogens (tertiary/aromatic N) is 1. The van der Waals surface area contributed by atoms with Crippen molar-refractivity contribution in [3.8, 4) is 5.75 Å². The van der Waals surface area contributed by atoms with Crippen LogP contribution in [0.2, 0.25) is 0 Å². The Morgan fingerprint density at radius 3 is 2.67 bits per heavy atom. The normalized spacial score (nSPS) is 15.8. The van der Waals surface area contributed by atoms with Crippen molar-refractivity contribution in [3.05, 3.63) is 64.1 Å². The molecular formula is C25H29BrN2O5. The van der Waals surface area contributed by atoms with Gasteiger partial charge in [0.25, 0.3) is 5.91 Å². The van der Waals surface area contributed by atoms with Crippen molar-refractivity contribution < 1.29 is 23.9 Å². The molecule has 1 aliphatic heterocycles. The summed E-state index contributed by atoms with van der Waals surface area (Å²) in [6, 6.07) is 14.0. The van der Waals surface area contributed by atoms with Crippen LogP contribution >= 0.6 is 15.9 Å². The van der Waals surface area contributed by atoms with Crippen molar-refractivity contribution in [3.63, 3.8) is 0 Å². The van der Waals surface area contributed by atoms with E-state index in [2.05, 4.69) is 21.2 Å². The van der Waals surface area contributed by atoms with Crippen LogP contribution in [0.4, 0.5) is 0 Å². The van der Waals surface area contributed by atoms with E-state index in [9.17, 15) is 14.4 Å². The van der Waals surface area contributed by atoms with E-state index in [0.717, 1.165) is 10.0 Å². The van der Waals surface area contributed by atoms with Gasteiger partial charge in [0.05, 0.1) is 25.2 Å². The zero-order valence-corrected chi connectivity index (χ0v) is 20.5. The van der Waals surface area contributed by atoms with Gasteiger partial charge in [-0.1, -0.05) is 60.1 Å². The predicted octanol–water partition coefficient (Wildman–Crippen LogP) is 3.60. The second kappa shape index (κ2) is 11.8. The van der Waals surface area contributed by atoms with Crippen LogP contribution in [-0.4, -0.2) is 55.0 Å². The smallest absolute Gasteiger partial charge is 0.308 e. The van der Waals surface area contributed by atoms with Crippen molar-refractivity contribution in [1.82, 2.24) is 10.2 Å². The molecule has 33 heavy (non-hydrogen) atoms. The van der Waals surface area contributed by atoms with E-state index >= 15 is 0 Å². The quantitative estimate of drug-likeness (QED) is 0.514. The molecule has 176 valence electrons. The molecular weight excluding hydrogens is 488 g/mol. The maximum absolute atomic E-state index is 13.4. The lowest BCUT2D eigenvalue weighted by atomic mass is 10.1. The Morgan fingerprint density at radius 2 is 1.94 bits per heavy atom. The fraction of sp³-hybridized carbons (Fsp3) is 0.400. The molecule has 1 fully saturated rings. The summed E-state index contributed by atoms with van der Waals surface area (Å²) in [6.07, 6.45) is 0.378. The van der Waals surface area contributed by atoms with Crippen molar-refractivity contribution in [1.29, 1.82) is 0 Å². The molecule has 1 aliphatic rings. The molecule has 3 rings (SSSR count). The van der Waals surface area contributed by atoms with E-state index in [1.165, 1.54) is 4.90 Å². The fourth-order valence-corrected chi connectivity index (χ4v) is 3.87. The van der Waals surface area contributed by atoms with E-state index < -0.39 is 12.0 Å². The van der Waals surface area contributed by atoms with E-state index in [-0.39, 0.29) is 30.8 Å². The fourth-order valence-electron chi connectivity index (χ4n) is 3.51. The number of benzene rings is 2. The number of hydrogen-bond donors (Lipinski definition) is 1. The Kier molecular flexibility index (Phi) is 8.88. The molecule has 7 nitrogen and oxygen atoms in total. The lowest BCUT2D eigenvalue weighted by Crippen LogP contribution is -2.57. The number of halogens is 1. The Balaban J connectivity index is 1.69. The first-order chi connectivity index (χ1) is 15.8. The van der Waals surface area contributed by atoms with Gasteiger partial charge >= 0.3 is 5.97 Å². The summed E-state index contributed by atoms with van der Waals surface area (Å²) in [4.78, 5) is 39.9. The van der Waals surface area contributed by atoms with Crippen LogP contribution in [-0.2, 0) is 20.7 Å². The standard InChI is InChI=1S/C25H29BrN2O5/c1-17(2)16-33-22-9-8-19(26)14-20(22)25(31)28-12-11-27-24(30)21(28)15-23(29)32-13-10-18-6-4-3-5-7-18/h3-9,14,17,21H,10-13,15-16H2,1-2H3,(H,27,30). The van der Waals surface area contributed by atoms with Crippen LogP contribution in [0.15, 0.2) is 53.0 Å². The first-order valence-corrected chi connectivity index (χ1v) is 11.8. The summed E-state index contributed by atoms with van der Waals surface area (Å²) in [6.45, 7) is 5.33. The highest BCUT2D eigenvalue weighted by Crippen LogP contribution is 2.27. The van der Waals surface area contributed by atoms with Gasteiger partial charge in [-0.2, -0.15) is 0 Å². The van der Waals surface area contributed by atoms with Crippen LogP contribution < -0.4 is 10.1 Å². The highest BCUT2D eigenvalue weighted by molar-refractivity contribution is 9.10. The molecule has 1 heterocycles. The monoisotopic (exact) mass is 516 g/mol. The molecule has 2 amide bonds. The van der Waals surface area contributed by atoms with Crippen molar-refractivity contribution >= 4 is 33.7 Å². The SMILES string of the molecule is CC(C)COc1ccc(Br)cc1C(=O)N1CCNC(=O)C1CC(=O)OCCc1ccccc1. The third-order valence-electron chi connectivity index (χ3n) is 5.19. The predicted molar refractivity (Wildman–Crippen MR) is 128 cm³/mol. The van der Waals surface area contributed by atoms with Gasteiger partial charge in [0.15, 0.2) is 0 Å². The molecule has 1 N–H and O–H groups in total. The van der Waals surface area contributed by atoms with Gasteiger partial charge in [0, 0.05) is 24.0 Å². The largest absolute Gasteiger partial charge is 0.492 e. The van der Waals surface area contributed by atoms with Gasteiger partial charge < -0.3 is 19.7 Å². The molecule has 2 aromatic rings. The summed E-state index contributed by atoms with van der Waals surface area (Å²) < 4.78 is 11.9. The number of esters is 1. The second-order valence-electron chi connectivity index (χ2n) is 8.31. The lowest BCUT2D eigenvalue weighted by molar-refractivity contribution is -0.147. The van der Waals surface area contributed by atoms with Gasteiger partial charge in [-0.05, 0) is 29.7 Å². The molecule has 1 saturated heterocycles. The minimum absolute atomic E-state index is 0.206. The first kappa shape index (κ1) is 24.8. The van der Waals surface area contributed by atoms with E-state index in [1.54, 1.807) is 18.2 Å². The number of amides is 2. The number of ether oxygens (including phenoxy) is 2. The molecule has 1 atom stereocenters. The van der Waals surface area contributed by atoms with Gasteiger partial charge in [-0.3, -0.25) is 14.4 Å². The second-order valence-corrected chi connectivity index (χ2v) is 9.23. The molecule has 0 spiro atoms. The van der Waals surface area contributed by atoms with Gasteiger partial charge in [-0.15, -0.1) is 0 Å². The highest BCUT2D eigenvalue weighted by Gasteiger charge is 2.36. The van der Waals surface area contributed by atoms with E-state index in [1.807, 2.05) is 44.2 Å². The van der Waals surface area contributed by atoms with Crippen LogP contribution in [0.1, 0.15) is 36.2 Å². The lowest BCUT2D eigenvalue weighted by Gasteiger charge is -2.35.